The highest BCUT2D eigenvalue weighted by Crippen LogP contribution is 2.27. The van der Waals surface area contributed by atoms with E-state index in [-0.39, 0.29) is 6.54 Å². The van der Waals surface area contributed by atoms with E-state index >= 15 is 0 Å². The molecular formula is C10H12ClN3O2S. The van der Waals surface area contributed by atoms with E-state index in [4.69, 9.17) is 17.3 Å². The molecule has 17 heavy (non-hydrogen) atoms. The Hall–Kier alpha value is -1.40. The second-order valence-corrected chi connectivity index (χ2v) is 4.40. The number of primary amides is 1. The van der Waals surface area contributed by atoms with Gasteiger partial charge in [0.05, 0.1) is 6.54 Å². The Balaban J connectivity index is 2.65. The molecule has 1 aromatic rings. The lowest BCUT2D eigenvalue weighted by atomic mass is 10.3. The summed E-state index contributed by atoms with van der Waals surface area (Å²) in [5, 5.41) is 5.42. The third-order valence-electron chi connectivity index (χ3n) is 1.86. The minimum Gasteiger partial charge on any atom is -0.375 e. The first kappa shape index (κ1) is 13.7. The molecule has 5 nitrogen and oxygen atoms in total. The first-order valence-electron chi connectivity index (χ1n) is 4.69. The lowest BCUT2D eigenvalue weighted by Crippen LogP contribution is -2.38. The van der Waals surface area contributed by atoms with Gasteiger partial charge in [-0.3, -0.25) is 10.1 Å². The maximum absolute atomic E-state index is 11.2. The van der Waals surface area contributed by atoms with Gasteiger partial charge >= 0.3 is 6.03 Å². The van der Waals surface area contributed by atoms with E-state index in [2.05, 4.69) is 5.32 Å². The maximum atomic E-state index is 11.2. The predicted molar refractivity (Wildman–Crippen MR) is 69.4 cm³/mol. The number of carbonyl (C=O) groups excluding carboxylic acids is 2. The molecule has 0 fully saturated rings. The van der Waals surface area contributed by atoms with Crippen LogP contribution in [0.15, 0.2) is 23.1 Å². The fourth-order valence-corrected chi connectivity index (χ4v) is 1.90. The van der Waals surface area contributed by atoms with Crippen molar-refractivity contribution in [3.05, 3.63) is 23.2 Å². The molecule has 0 saturated heterocycles. The first-order chi connectivity index (χ1) is 8.02. The average molecular weight is 274 g/mol. The van der Waals surface area contributed by atoms with Crippen LogP contribution in [0.4, 0.5) is 10.5 Å². The molecule has 0 atom stereocenters. The van der Waals surface area contributed by atoms with E-state index in [1.165, 1.54) is 11.8 Å². The molecule has 0 spiro atoms. The first-order valence-corrected chi connectivity index (χ1v) is 6.30. The van der Waals surface area contributed by atoms with Crippen LogP contribution in [0.1, 0.15) is 0 Å². The van der Waals surface area contributed by atoms with Crippen LogP contribution < -0.4 is 16.4 Å². The van der Waals surface area contributed by atoms with Crippen molar-refractivity contribution in [2.75, 3.05) is 18.1 Å². The highest BCUT2D eigenvalue weighted by atomic mass is 35.5. The largest absolute Gasteiger partial charge is 0.375 e. The molecule has 0 aliphatic heterocycles. The van der Waals surface area contributed by atoms with E-state index < -0.39 is 11.9 Å². The van der Waals surface area contributed by atoms with Crippen molar-refractivity contribution in [2.45, 2.75) is 4.90 Å². The number of thioether (sulfide) groups is 1. The predicted octanol–water partition coefficient (Wildman–Crippen LogP) is 1.67. The highest BCUT2D eigenvalue weighted by Gasteiger charge is 2.06. The molecule has 1 aromatic carbocycles. The number of hydrogen-bond donors (Lipinski definition) is 3. The van der Waals surface area contributed by atoms with Gasteiger partial charge in [-0.15, -0.1) is 11.8 Å². The Bertz CT molecular complexity index is 440. The molecule has 7 heteroatoms. The normalized spacial score (nSPS) is 9.76. The topological polar surface area (TPSA) is 84.2 Å². The monoisotopic (exact) mass is 273 g/mol. The minimum atomic E-state index is -0.868. The number of benzene rings is 1. The van der Waals surface area contributed by atoms with Gasteiger partial charge in [0, 0.05) is 15.6 Å². The molecule has 0 unspecified atom stereocenters. The van der Waals surface area contributed by atoms with Gasteiger partial charge in [-0.25, -0.2) is 4.79 Å². The minimum absolute atomic E-state index is 0.0448. The molecule has 1 rings (SSSR count). The maximum Gasteiger partial charge on any atom is 0.318 e. The zero-order valence-electron chi connectivity index (χ0n) is 9.12. The SMILES string of the molecule is CSc1ccc(Cl)cc1NCC(=O)NC(N)=O. The Morgan fingerprint density at radius 1 is 1.47 bits per heavy atom. The van der Waals surface area contributed by atoms with Crippen molar-refractivity contribution >= 4 is 41.0 Å². The molecule has 0 aliphatic carbocycles. The molecular weight excluding hydrogens is 262 g/mol. The van der Waals surface area contributed by atoms with Crippen molar-refractivity contribution in [1.29, 1.82) is 0 Å². The number of urea groups is 1. The molecule has 92 valence electrons. The summed E-state index contributed by atoms with van der Waals surface area (Å²) in [6.45, 7) is -0.0448. The molecule has 0 bridgehead atoms. The third kappa shape index (κ3) is 4.54. The number of hydrogen-bond acceptors (Lipinski definition) is 4. The Labute approximate surface area is 108 Å². The smallest absolute Gasteiger partial charge is 0.318 e. The molecule has 0 aliphatic rings. The summed E-state index contributed by atoms with van der Waals surface area (Å²) in [7, 11) is 0. The van der Waals surface area contributed by atoms with Crippen molar-refractivity contribution < 1.29 is 9.59 Å². The molecule has 3 amide bonds. The van der Waals surface area contributed by atoms with Crippen LogP contribution in [0.3, 0.4) is 0 Å². The van der Waals surface area contributed by atoms with Crippen LogP contribution in [-0.4, -0.2) is 24.7 Å². The summed E-state index contributed by atoms with van der Waals surface area (Å²) in [6.07, 6.45) is 1.91. The average Bonchev–Trinajstić information content (AvgIpc) is 2.25. The quantitative estimate of drug-likeness (QED) is 0.729. The van der Waals surface area contributed by atoms with Crippen LogP contribution in [0, 0.1) is 0 Å². The van der Waals surface area contributed by atoms with E-state index in [0.29, 0.717) is 5.02 Å². The van der Waals surface area contributed by atoms with Gasteiger partial charge in [-0.1, -0.05) is 11.6 Å². The van der Waals surface area contributed by atoms with Crippen LogP contribution in [0.5, 0.6) is 0 Å². The molecule has 0 saturated carbocycles. The molecule has 0 aromatic heterocycles. The fourth-order valence-electron chi connectivity index (χ4n) is 1.18. The van der Waals surface area contributed by atoms with Crippen molar-refractivity contribution in [2.24, 2.45) is 5.73 Å². The van der Waals surface area contributed by atoms with Crippen LogP contribution >= 0.6 is 23.4 Å². The van der Waals surface area contributed by atoms with E-state index in [0.717, 1.165) is 10.6 Å². The van der Waals surface area contributed by atoms with Gasteiger partial charge in [0.2, 0.25) is 5.91 Å². The second-order valence-electron chi connectivity index (χ2n) is 3.11. The van der Waals surface area contributed by atoms with Crippen molar-refractivity contribution in [1.82, 2.24) is 5.32 Å². The van der Waals surface area contributed by atoms with Crippen LogP contribution in [0.25, 0.3) is 0 Å². The third-order valence-corrected chi connectivity index (χ3v) is 2.89. The number of amides is 3. The molecule has 4 N–H and O–H groups in total. The van der Waals surface area contributed by atoms with Crippen LogP contribution in [0.2, 0.25) is 5.02 Å². The lowest BCUT2D eigenvalue weighted by molar-refractivity contribution is -0.118. The number of rotatable bonds is 4. The summed E-state index contributed by atoms with van der Waals surface area (Å²) in [5.74, 6) is -0.496. The molecule has 0 radical (unpaired) electrons. The van der Waals surface area contributed by atoms with E-state index in [9.17, 15) is 9.59 Å². The fraction of sp³-hybridized carbons (Fsp3) is 0.200. The standard InChI is InChI=1S/C10H12ClN3O2S/c1-17-8-3-2-6(11)4-7(8)13-5-9(15)14-10(12)16/h2-4,13H,5H2,1H3,(H3,12,14,15,16). The number of nitrogens with one attached hydrogen (secondary N) is 2. The number of halogens is 1. The Kier molecular flexibility index (Phi) is 5.11. The van der Waals surface area contributed by atoms with Gasteiger partial charge < -0.3 is 11.1 Å². The van der Waals surface area contributed by atoms with Crippen molar-refractivity contribution in [3.63, 3.8) is 0 Å². The lowest BCUT2D eigenvalue weighted by Gasteiger charge is -2.10. The Morgan fingerprint density at radius 2 is 2.18 bits per heavy atom. The van der Waals surface area contributed by atoms with Gasteiger partial charge in [0.25, 0.3) is 0 Å². The van der Waals surface area contributed by atoms with Gasteiger partial charge in [0.15, 0.2) is 0 Å². The number of nitrogens with two attached hydrogens (primary N) is 1. The summed E-state index contributed by atoms with van der Waals surface area (Å²) in [6, 6.07) is 4.46. The molecule has 0 heterocycles. The summed E-state index contributed by atoms with van der Waals surface area (Å²) >= 11 is 7.37. The number of anilines is 1. The summed E-state index contributed by atoms with van der Waals surface area (Å²) in [5.41, 5.74) is 5.56. The Morgan fingerprint density at radius 3 is 2.76 bits per heavy atom. The van der Waals surface area contributed by atoms with E-state index in [1.54, 1.807) is 12.1 Å². The van der Waals surface area contributed by atoms with Gasteiger partial charge in [-0.05, 0) is 24.5 Å². The summed E-state index contributed by atoms with van der Waals surface area (Å²) < 4.78 is 0. The second kappa shape index (κ2) is 6.36. The van der Waals surface area contributed by atoms with E-state index in [1.807, 2.05) is 17.6 Å². The summed E-state index contributed by atoms with van der Waals surface area (Å²) in [4.78, 5) is 22.6. The van der Waals surface area contributed by atoms with Gasteiger partial charge in [0.1, 0.15) is 0 Å². The zero-order chi connectivity index (χ0) is 12.8. The highest BCUT2D eigenvalue weighted by molar-refractivity contribution is 7.98. The zero-order valence-corrected chi connectivity index (χ0v) is 10.7. The van der Waals surface area contributed by atoms with Gasteiger partial charge in [-0.2, -0.15) is 0 Å². The number of carbonyl (C=O) groups is 2. The van der Waals surface area contributed by atoms with Crippen molar-refractivity contribution in [3.8, 4) is 0 Å². The number of imide groups is 1. The van der Waals surface area contributed by atoms with Crippen LogP contribution in [-0.2, 0) is 4.79 Å².